The molecule has 3 aromatic carbocycles. The number of nitrogens with zero attached hydrogens (tertiary/aromatic N) is 6. The Kier molecular flexibility index (Phi) is 6.22. The van der Waals surface area contributed by atoms with E-state index in [9.17, 15) is 4.39 Å². The quantitative estimate of drug-likeness (QED) is 0.323. The first kappa shape index (κ1) is 24.4. The van der Waals surface area contributed by atoms with Crippen LogP contribution in [-0.4, -0.2) is 55.5 Å². The third kappa shape index (κ3) is 4.49. The fraction of sp³-hybridized carbons (Fsp3) is 0.194. The van der Waals surface area contributed by atoms with Crippen LogP contribution >= 0.6 is 0 Å². The van der Waals surface area contributed by atoms with Crippen molar-refractivity contribution in [1.29, 1.82) is 0 Å². The Hall–Kier alpha value is -4.60. The molecule has 0 bridgehead atoms. The van der Waals surface area contributed by atoms with Crippen molar-refractivity contribution in [2.45, 2.75) is 13.1 Å². The Balaban J connectivity index is 1.24. The summed E-state index contributed by atoms with van der Waals surface area (Å²) in [4.78, 5) is 11.2. The molecule has 1 aliphatic rings. The van der Waals surface area contributed by atoms with Crippen LogP contribution in [0.25, 0.3) is 38.9 Å². The Morgan fingerprint density at radius 3 is 2.55 bits per heavy atom. The zero-order chi connectivity index (χ0) is 27.1. The Labute approximate surface area is 230 Å². The molecule has 0 spiro atoms. The number of rotatable bonds is 6. The number of benzene rings is 3. The average molecular weight is 534 g/mol. The van der Waals surface area contributed by atoms with E-state index in [4.69, 9.17) is 15.6 Å². The first-order chi connectivity index (χ1) is 19.6. The molecule has 7 rings (SSSR count). The van der Waals surface area contributed by atoms with Gasteiger partial charge in [-0.05, 0) is 42.0 Å². The number of anilines is 1. The number of ether oxygens (including phenoxy) is 1. The van der Waals surface area contributed by atoms with Crippen LogP contribution in [0, 0.1) is 5.82 Å². The van der Waals surface area contributed by atoms with Crippen molar-refractivity contribution in [3.63, 3.8) is 0 Å². The zero-order valence-electron chi connectivity index (χ0n) is 21.9. The van der Waals surface area contributed by atoms with E-state index in [0.717, 1.165) is 55.0 Å². The molecule has 6 aromatic rings. The second kappa shape index (κ2) is 10.2. The van der Waals surface area contributed by atoms with E-state index in [2.05, 4.69) is 45.2 Å². The number of nitrogens with two attached hydrogens (primary N) is 1. The second-order valence-corrected chi connectivity index (χ2v) is 10.1. The third-order valence-corrected chi connectivity index (χ3v) is 7.53. The maximum atomic E-state index is 14.3. The van der Waals surface area contributed by atoms with Crippen molar-refractivity contribution in [2.75, 3.05) is 32.0 Å². The normalized spacial score (nSPS) is 14.3. The van der Waals surface area contributed by atoms with Crippen molar-refractivity contribution < 1.29 is 9.13 Å². The summed E-state index contributed by atoms with van der Waals surface area (Å²) in [6.07, 6.45) is 3.45. The van der Waals surface area contributed by atoms with Crippen molar-refractivity contribution in [1.82, 2.24) is 29.2 Å². The zero-order valence-corrected chi connectivity index (χ0v) is 21.9. The largest absolute Gasteiger partial charge is 0.383 e. The molecule has 0 saturated carbocycles. The minimum atomic E-state index is -0.206. The van der Waals surface area contributed by atoms with E-state index in [0.29, 0.717) is 34.7 Å². The molecule has 0 aliphatic carbocycles. The maximum absolute atomic E-state index is 14.3. The molecule has 9 heteroatoms. The van der Waals surface area contributed by atoms with Crippen molar-refractivity contribution in [3.05, 3.63) is 102 Å². The van der Waals surface area contributed by atoms with E-state index in [1.807, 2.05) is 45.8 Å². The lowest BCUT2D eigenvalue weighted by Crippen LogP contribution is -2.35. The smallest absolute Gasteiger partial charge is 0.169 e. The molecule has 0 amide bonds. The summed E-state index contributed by atoms with van der Waals surface area (Å²) < 4.78 is 23.6. The van der Waals surface area contributed by atoms with Gasteiger partial charge in [0.05, 0.1) is 30.8 Å². The minimum absolute atomic E-state index is 0.206. The molecule has 4 heterocycles. The summed E-state index contributed by atoms with van der Waals surface area (Å²) in [7, 11) is 0. The summed E-state index contributed by atoms with van der Waals surface area (Å²) in [5.41, 5.74) is 12.4. The van der Waals surface area contributed by atoms with Gasteiger partial charge < -0.3 is 15.0 Å². The predicted molar refractivity (Wildman–Crippen MR) is 154 cm³/mol. The van der Waals surface area contributed by atoms with Gasteiger partial charge in [-0.3, -0.25) is 4.90 Å². The van der Waals surface area contributed by atoms with Gasteiger partial charge in [0.25, 0.3) is 0 Å². The first-order valence-electron chi connectivity index (χ1n) is 13.4. The van der Waals surface area contributed by atoms with Gasteiger partial charge in [0.2, 0.25) is 0 Å². The Bertz CT molecular complexity index is 1820. The van der Waals surface area contributed by atoms with E-state index in [-0.39, 0.29) is 5.82 Å². The van der Waals surface area contributed by atoms with Crippen LogP contribution in [0.5, 0.6) is 0 Å². The standard InChI is InChI=1S/C31H28FN7O/c32-26-4-2-1-3-24(26)19-38-12-11-22-17-23(7-10-27(22)38)29-28-30(33)34-20-35-31(28)39(36-29)25-8-5-21(6-9-25)18-37-13-15-40-16-14-37/h1-12,17,20H,13-16,18-19H2,(H2,33,34,35). The van der Waals surface area contributed by atoms with Gasteiger partial charge >= 0.3 is 0 Å². The number of nitrogen functional groups attached to an aromatic ring is 1. The van der Waals surface area contributed by atoms with Gasteiger partial charge in [0.15, 0.2) is 5.65 Å². The second-order valence-electron chi connectivity index (χ2n) is 10.1. The Morgan fingerprint density at radius 1 is 0.900 bits per heavy atom. The first-order valence-corrected chi connectivity index (χ1v) is 13.4. The van der Waals surface area contributed by atoms with Gasteiger partial charge in [-0.1, -0.05) is 36.4 Å². The monoisotopic (exact) mass is 533 g/mol. The lowest BCUT2D eigenvalue weighted by Gasteiger charge is -2.26. The number of fused-ring (bicyclic) bond motifs is 2. The molecule has 2 N–H and O–H groups in total. The van der Waals surface area contributed by atoms with Gasteiger partial charge in [-0.25, -0.2) is 19.0 Å². The number of morpholine rings is 1. The lowest BCUT2D eigenvalue weighted by molar-refractivity contribution is 0.0342. The molecule has 8 nitrogen and oxygen atoms in total. The highest BCUT2D eigenvalue weighted by Crippen LogP contribution is 2.33. The number of halogens is 1. The van der Waals surface area contributed by atoms with Crippen LogP contribution in [0.3, 0.4) is 0 Å². The molecular weight excluding hydrogens is 505 g/mol. The molecule has 1 saturated heterocycles. The third-order valence-electron chi connectivity index (χ3n) is 7.53. The molecule has 1 fully saturated rings. The fourth-order valence-corrected chi connectivity index (χ4v) is 5.41. The highest BCUT2D eigenvalue weighted by molar-refractivity contribution is 6.00. The number of aromatic nitrogens is 5. The van der Waals surface area contributed by atoms with Crippen LogP contribution in [0.15, 0.2) is 85.3 Å². The van der Waals surface area contributed by atoms with E-state index >= 15 is 0 Å². The SMILES string of the molecule is Nc1ncnc2c1c(-c1ccc3c(ccn3Cc3ccccc3F)c1)nn2-c1ccc(CN2CCOCC2)cc1. The summed E-state index contributed by atoms with van der Waals surface area (Å²) in [5.74, 6) is 0.176. The fourth-order valence-electron chi connectivity index (χ4n) is 5.41. The lowest BCUT2D eigenvalue weighted by atomic mass is 10.1. The van der Waals surface area contributed by atoms with Crippen molar-refractivity contribution >= 4 is 27.8 Å². The van der Waals surface area contributed by atoms with Gasteiger partial charge in [0.1, 0.15) is 23.7 Å². The van der Waals surface area contributed by atoms with Gasteiger partial charge in [-0.15, -0.1) is 0 Å². The maximum Gasteiger partial charge on any atom is 0.169 e. The van der Waals surface area contributed by atoms with Crippen LogP contribution in [0.1, 0.15) is 11.1 Å². The summed E-state index contributed by atoms with van der Waals surface area (Å²) in [6.45, 7) is 4.80. The van der Waals surface area contributed by atoms with Crippen LogP contribution in [-0.2, 0) is 17.8 Å². The highest BCUT2D eigenvalue weighted by atomic mass is 19.1. The molecular formula is C31H28FN7O. The van der Waals surface area contributed by atoms with E-state index < -0.39 is 0 Å². The van der Waals surface area contributed by atoms with Crippen LogP contribution < -0.4 is 5.73 Å². The van der Waals surface area contributed by atoms with Crippen molar-refractivity contribution in [2.24, 2.45) is 0 Å². The van der Waals surface area contributed by atoms with Crippen molar-refractivity contribution in [3.8, 4) is 16.9 Å². The molecule has 3 aromatic heterocycles. The predicted octanol–water partition coefficient (Wildman–Crippen LogP) is 5.04. The molecule has 0 unspecified atom stereocenters. The van der Waals surface area contributed by atoms with Crippen LogP contribution in [0.2, 0.25) is 0 Å². The molecule has 0 atom stereocenters. The van der Waals surface area contributed by atoms with Gasteiger partial charge in [0, 0.05) is 47.9 Å². The average Bonchev–Trinajstić information content (AvgIpc) is 3.57. The minimum Gasteiger partial charge on any atom is -0.383 e. The van der Waals surface area contributed by atoms with Crippen LogP contribution in [0.4, 0.5) is 10.2 Å². The van der Waals surface area contributed by atoms with E-state index in [1.54, 1.807) is 6.07 Å². The highest BCUT2D eigenvalue weighted by Gasteiger charge is 2.19. The topological polar surface area (TPSA) is 87.0 Å². The van der Waals surface area contributed by atoms with E-state index in [1.165, 1.54) is 18.0 Å². The number of hydrogen-bond donors (Lipinski definition) is 1. The molecule has 200 valence electrons. The molecule has 40 heavy (non-hydrogen) atoms. The molecule has 0 radical (unpaired) electrons. The number of hydrogen-bond acceptors (Lipinski definition) is 6. The Morgan fingerprint density at radius 2 is 1.73 bits per heavy atom. The summed E-state index contributed by atoms with van der Waals surface area (Å²) in [6, 6.07) is 23.4. The summed E-state index contributed by atoms with van der Waals surface area (Å²) >= 11 is 0. The molecule has 1 aliphatic heterocycles. The summed E-state index contributed by atoms with van der Waals surface area (Å²) in [5, 5.41) is 6.72. The van der Waals surface area contributed by atoms with Gasteiger partial charge in [-0.2, -0.15) is 5.10 Å².